The molecule has 0 aliphatic rings. The maximum absolute atomic E-state index is 11.6. The van der Waals surface area contributed by atoms with E-state index in [9.17, 15) is 14.4 Å². The molecule has 1 rings (SSSR count). The van der Waals surface area contributed by atoms with Crippen LogP contribution in [0.3, 0.4) is 0 Å². The van der Waals surface area contributed by atoms with E-state index < -0.39 is 30.2 Å². The summed E-state index contributed by atoms with van der Waals surface area (Å²) in [5.74, 6) is -2.64. The molecule has 0 heterocycles. The summed E-state index contributed by atoms with van der Waals surface area (Å²) in [5.41, 5.74) is 5.21. The van der Waals surface area contributed by atoms with Gasteiger partial charge in [0.2, 0.25) is 5.91 Å². The predicted molar refractivity (Wildman–Crippen MR) is 59.1 cm³/mol. The standard InChI is InChI=1S/C11H12N2O4/c12-9(14)6-8(11(16)17)13-10(15)7-4-2-1-3-5-7/h1-5,8H,6H2,(H2,12,14)(H,13,15)(H,16,17)/t8-/m0/s1. The number of primary amides is 1. The van der Waals surface area contributed by atoms with Crippen LogP contribution in [0.1, 0.15) is 16.8 Å². The zero-order valence-electron chi connectivity index (χ0n) is 8.92. The molecule has 0 fully saturated rings. The molecule has 1 aromatic rings. The van der Waals surface area contributed by atoms with Crippen LogP contribution in [0.4, 0.5) is 0 Å². The van der Waals surface area contributed by atoms with E-state index in [1.807, 2.05) is 0 Å². The number of hydrogen-bond donors (Lipinski definition) is 3. The molecule has 0 radical (unpaired) electrons. The van der Waals surface area contributed by atoms with Gasteiger partial charge in [-0.25, -0.2) is 4.79 Å². The molecule has 0 saturated heterocycles. The van der Waals surface area contributed by atoms with Crippen molar-refractivity contribution in [2.75, 3.05) is 0 Å². The van der Waals surface area contributed by atoms with Crippen molar-refractivity contribution in [1.82, 2.24) is 5.32 Å². The minimum Gasteiger partial charge on any atom is -0.480 e. The highest BCUT2D eigenvalue weighted by molar-refractivity contribution is 5.97. The van der Waals surface area contributed by atoms with Crippen LogP contribution in [-0.4, -0.2) is 28.9 Å². The second-order valence-corrected chi connectivity index (χ2v) is 3.40. The van der Waals surface area contributed by atoms with Crippen molar-refractivity contribution < 1.29 is 19.5 Å². The summed E-state index contributed by atoms with van der Waals surface area (Å²) in [4.78, 5) is 33.0. The summed E-state index contributed by atoms with van der Waals surface area (Å²) in [7, 11) is 0. The molecule has 4 N–H and O–H groups in total. The third-order valence-corrected chi connectivity index (χ3v) is 2.04. The van der Waals surface area contributed by atoms with Gasteiger partial charge in [-0.15, -0.1) is 0 Å². The van der Waals surface area contributed by atoms with Crippen molar-refractivity contribution >= 4 is 17.8 Å². The lowest BCUT2D eigenvalue weighted by atomic mass is 10.1. The number of aliphatic carboxylic acids is 1. The number of nitrogens with two attached hydrogens (primary N) is 1. The molecule has 1 aromatic carbocycles. The molecule has 0 bridgehead atoms. The van der Waals surface area contributed by atoms with Crippen molar-refractivity contribution in [3.63, 3.8) is 0 Å². The minimum absolute atomic E-state index is 0.322. The molecule has 90 valence electrons. The maximum atomic E-state index is 11.6. The molecule has 0 saturated carbocycles. The van der Waals surface area contributed by atoms with Crippen LogP contribution in [-0.2, 0) is 9.59 Å². The average Bonchev–Trinajstić information content (AvgIpc) is 2.28. The Bertz CT molecular complexity index is 430. The van der Waals surface area contributed by atoms with Crippen LogP contribution in [0, 0.1) is 0 Å². The number of hydrogen-bond acceptors (Lipinski definition) is 3. The number of carbonyl (C=O) groups excluding carboxylic acids is 2. The summed E-state index contributed by atoms with van der Waals surface area (Å²) in [6, 6.07) is 6.81. The van der Waals surface area contributed by atoms with Gasteiger partial charge in [0.1, 0.15) is 6.04 Å². The summed E-state index contributed by atoms with van der Waals surface area (Å²) in [6.45, 7) is 0. The van der Waals surface area contributed by atoms with Gasteiger partial charge in [0.15, 0.2) is 0 Å². The molecular formula is C11H12N2O4. The first-order valence-corrected chi connectivity index (χ1v) is 4.87. The SMILES string of the molecule is NC(=O)C[C@H](NC(=O)c1ccccc1)C(=O)O. The molecule has 6 heteroatoms. The number of rotatable bonds is 5. The monoisotopic (exact) mass is 236 g/mol. The van der Waals surface area contributed by atoms with E-state index in [-0.39, 0.29) is 0 Å². The van der Waals surface area contributed by atoms with E-state index in [2.05, 4.69) is 5.32 Å². The lowest BCUT2D eigenvalue weighted by molar-refractivity contribution is -0.140. The fraction of sp³-hybridized carbons (Fsp3) is 0.182. The predicted octanol–water partition coefficient (Wildman–Crippen LogP) is -0.255. The van der Waals surface area contributed by atoms with Gasteiger partial charge < -0.3 is 16.2 Å². The normalized spacial score (nSPS) is 11.5. The molecule has 0 aliphatic carbocycles. The van der Waals surface area contributed by atoms with Crippen LogP contribution in [0.15, 0.2) is 30.3 Å². The molecule has 0 aliphatic heterocycles. The average molecular weight is 236 g/mol. The Kier molecular flexibility index (Phi) is 4.21. The van der Waals surface area contributed by atoms with Crippen molar-refractivity contribution in [2.45, 2.75) is 12.5 Å². The zero-order valence-corrected chi connectivity index (χ0v) is 8.92. The van der Waals surface area contributed by atoms with Crippen molar-refractivity contribution in [1.29, 1.82) is 0 Å². The zero-order chi connectivity index (χ0) is 12.8. The molecule has 17 heavy (non-hydrogen) atoms. The number of nitrogens with one attached hydrogen (secondary N) is 1. The second-order valence-electron chi connectivity index (χ2n) is 3.40. The molecule has 0 unspecified atom stereocenters. The molecule has 0 aromatic heterocycles. The van der Waals surface area contributed by atoms with Crippen LogP contribution < -0.4 is 11.1 Å². The van der Waals surface area contributed by atoms with Crippen molar-refractivity contribution in [3.05, 3.63) is 35.9 Å². The van der Waals surface area contributed by atoms with Crippen molar-refractivity contribution in [3.8, 4) is 0 Å². The fourth-order valence-electron chi connectivity index (χ4n) is 1.23. The highest BCUT2D eigenvalue weighted by atomic mass is 16.4. The highest BCUT2D eigenvalue weighted by Gasteiger charge is 2.22. The van der Waals surface area contributed by atoms with E-state index >= 15 is 0 Å². The first-order chi connectivity index (χ1) is 8.00. The Morgan fingerprint density at radius 2 is 1.82 bits per heavy atom. The van der Waals surface area contributed by atoms with Gasteiger partial charge >= 0.3 is 5.97 Å². The van der Waals surface area contributed by atoms with Crippen LogP contribution in [0.25, 0.3) is 0 Å². The van der Waals surface area contributed by atoms with Gasteiger partial charge in [-0.2, -0.15) is 0 Å². The molecule has 0 spiro atoms. The lowest BCUT2D eigenvalue weighted by Gasteiger charge is -2.12. The van der Waals surface area contributed by atoms with Crippen LogP contribution >= 0.6 is 0 Å². The first-order valence-electron chi connectivity index (χ1n) is 4.87. The van der Waals surface area contributed by atoms with E-state index in [0.29, 0.717) is 5.56 Å². The van der Waals surface area contributed by atoms with E-state index in [1.165, 1.54) is 0 Å². The number of benzene rings is 1. The third kappa shape index (κ3) is 3.94. The Morgan fingerprint density at radius 3 is 2.29 bits per heavy atom. The molecule has 6 nitrogen and oxygen atoms in total. The Hall–Kier alpha value is -2.37. The van der Waals surface area contributed by atoms with Gasteiger partial charge in [0.25, 0.3) is 5.91 Å². The smallest absolute Gasteiger partial charge is 0.326 e. The Balaban J connectivity index is 2.71. The topological polar surface area (TPSA) is 109 Å². The minimum atomic E-state index is -1.31. The highest BCUT2D eigenvalue weighted by Crippen LogP contribution is 2.00. The van der Waals surface area contributed by atoms with E-state index in [0.717, 1.165) is 0 Å². The lowest BCUT2D eigenvalue weighted by Crippen LogP contribution is -2.43. The van der Waals surface area contributed by atoms with Gasteiger partial charge in [-0.1, -0.05) is 18.2 Å². The largest absolute Gasteiger partial charge is 0.480 e. The van der Waals surface area contributed by atoms with Crippen LogP contribution in [0.5, 0.6) is 0 Å². The Morgan fingerprint density at radius 1 is 1.24 bits per heavy atom. The van der Waals surface area contributed by atoms with E-state index in [4.69, 9.17) is 10.8 Å². The third-order valence-electron chi connectivity index (χ3n) is 2.04. The summed E-state index contributed by atoms with van der Waals surface area (Å²) in [5, 5.41) is 11.0. The maximum Gasteiger partial charge on any atom is 0.326 e. The van der Waals surface area contributed by atoms with Gasteiger partial charge in [-0.05, 0) is 12.1 Å². The Labute approximate surface area is 97.4 Å². The number of carbonyl (C=O) groups is 3. The van der Waals surface area contributed by atoms with Crippen molar-refractivity contribution in [2.24, 2.45) is 5.73 Å². The van der Waals surface area contributed by atoms with Gasteiger partial charge in [0.05, 0.1) is 6.42 Å². The number of amides is 2. The molecule has 2 amide bonds. The molecule has 1 atom stereocenters. The van der Waals surface area contributed by atoms with Gasteiger partial charge in [0, 0.05) is 5.56 Å². The molecular weight excluding hydrogens is 224 g/mol. The number of carboxylic acid groups (broad SMARTS) is 1. The number of carboxylic acids is 1. The second kappa shape index (κ2) is 5.64. The summed E-state index contributed by atoms with van der Waals surface area (Å²) in [6.07, 6.45) is -0.437. The van der Waals surface area contributed by atoms with Crippen LogP contribution in [0.2, 0.25) is 0 Å². The van der Waals surface area contributed by atoms with E-state index in [1.54, 1.807) is 30.3 Å². The summed E-state index contributed by atoms with van der Waals surface area (Å²) >= 11 is 0. The van der Waals surface area contributed by atoms with Gasteiger partial charge in [-0.3, -0.25) is 9.59 Å². The summed E-state index contributed by atoms with van der Waals surface area (Å²) < 4.78 is 0. The fourth-order valence-corrected chi connectivity index (χ4v) is 1.23. The first kappa shape index (κ1) is 12.7. The quantitative estimate of drug-likeness (QED) is 0.654.